The van der Waals surface area contributed by atoms with E-state index in [0.717, 1.165) is 6.42 Å². The monoisotopic (exact) mass is 312 g/mol. The standard InChI is InChI=1S/C14H17ClN2O4/c15-10-7-9(14(19)17-4-1-3-12(16)18)8-11-13(10)21-6-2-5-20-11/h7-8H,1-6H2,(H2,16,18)(H,17,19). The summed E-state index contributed by atoms with van der Waals surface area (Å²) in [6.45, 7) is 1.42. The van der Waals surface area contributed by atoms with Crippen LogP contribution >= 0.6 is 11.6 Å². The zero-order chi connectivity index (χ0) is 15.2. The van der Waals surface area contributed by atoms with Gasteiger partial charge in [-0.2, -0.15) is 0 Å². The lowest BCUT2D eigenvalue weighted by atomic mass is 10.2. The zero-order valence-electron chi connectivity index (χ0n) is 11.5. The van der Waals surface area contributed by atoms with Crippen LogP contribution in [0.4, 0.5) is 0 Å². The average molecular weight is 313 g/mol. The second kappa shape index (κ2) is 7.17. The number of amides is 2. The summed E-state index contributed by atoms with van der Waals surface area (Å²) in [5, 5.41) is 3.05. The van der Waals surface area contributed by atoms with Crippen molar-refractivity contribution in [3.8, 4) is 11.5 Å². The lowest BCUT2D eigenvalue weighted by Crippen LogP contribution is -2.25. The van der Waals surface area contributed by atoms with E-state index < -0.39 is 0 Å². The summed E-state index contributed by atoms with van der Waals surface area (Å²) >= 11 is 6.12. The van der Waals surface area contributed by atoms with Gasteiger partial charge in [0.25, 0.3) is 5.91 Å². The predicted octanol–water partition coefficient (Wildman–Crippen LogP) is 1.50. The molecule has 0 unspecified atom stereocenters. The third kappa shape index (κ3) is 4.26. The molecular formula is C14H17ClN2O4. The molecule has 0 aliphatic carbocycles. The van der Waals surface area contributed by atoms with Crippen LogP contribution in [0.5, 0.6) is 11.5 Å². The van der Waals surface area contributed by atoms with E-state index in [9.17, 15) is 9.59 Å². The number of hydrogen-bond acceptors (Lipinski definition) is 4. The summed E-state index contributed by atoms with van der Waals surface area (Å²) in [4.78, 5) is 22.6. The van der Waals surface area contributed by atoms with Crippen molar-refractivity contribution >= 4 is 23.4 Å². The summed E-state index contributed by atoms with van der Waals surface area (Å²) in [7, 11) is 0. The van der Waals surface area contributed by atoms with Gasteiger partial charge in [0.15, 0.2) is 11.5 Å². The minimum absolute atomic E-state index is 0.238. The van der Waals surface area contributed by atoms with Crippen LogP contribution in [0.3, 0.4) is 0 Å². The number of fused-ring (bicyclic) bond motifs is 1. The number of nitrogens with two attached hydrogens (primary N) is 1. The van der Waals surface area contributed by atoms with E-state index in [1.54, 1.807) is 12.1 Å². The summed E-state index contributed by atoms with van der Waals surface area (Å²) < 4.78 is 11.0. The summed E-state index contributed by atoms with van der Waals surface area (Å²) in [6, 6.07) is 3.15. The molecule has 0 bridgehead atoms. The fourth-order valence-electron chi connectivity index (χ4n) is 1.93. The van der Waals surface area contributed by atoms with E-state index in [1.807, 2.05) is 0 Å². The van der Waals surface area contributed by atoms with Crippen LogP contribution < -0.4 is 20.5 Å². The molecule has 0 saturated carbocycles. The Kier molecular flexibility index (Phi) is 5.27. The number of carbonyl (C=O) groups excluding carboxylic acids is 2. The van der Waals surface area contributed by atoms with Crippen molar-refractivity contribution in [1.82, 2.24) is 5.32 Å². The van der Waals surface area contributed by atoms with Gasteiger partial charge in [0.2, 0.25) is 5.91 Å². The van der Waals surface area contributed by atoms with Gasteiger partial charge in [-0.3, -0.25) is 9.59 Å². The van der Waals surface area contributed by atoms with Crippen molar-refractivity contribution in [2.45, 2.75) is 19.3 Å². The maximum absolute atomic E-state index is 12.0. The van der Waals surface area contributed by atoms with Crippen LogP contribution in [-0.4, -0.2) is 31.6 Å². The number of ether oxygens (including phenoxy) is 2. The minimum atomic E-state index is -0.386. The minimum Gasteiger partial charge on any atom is -0.489 e. The largest absolute Gasteiger partial charge is 0.489 e. The van der Waals surface area contributed by atoms with Gasteiger partial charge in [-0.25, -0.2) is 0 Å². The van der Waals surface area contributed by atoms with E-state index in [4.69, 9.17) is 26.8 Å². The van der Waals surface area contributed by atoms with E-state index in [1.165, 1.54) is 0 Å². The molecule has 0 aromatic heterocycles. The quantitative estimate of drug-likeness (QED) is 0.806. The van der Waals surface area contributed by atoms with Crippen molar-refractivity contribution in [1.29, 1.82) is 0 Å². The van der Waals surface area contributed by atoms with Crippen LogP contribution in [-0.2, 0) is 4.79 Å². The Hall–Kier alpha value is -1.95. The molecule has 6 nitrogen and oxygen atoms in total. The number of carbonyl (C=O) groups is 2. The van der Waals surface area contributed by atoms with Crippen LogP contribution in [0, 0.1) is 0 Å². The number of rotatable bonds is 5. The first-order valence-corrected chi connectivity index (χ1v) is 7.11. The number of benzene rings is 1. The highest BCUT2D eigenvalue weighted by Crippen LogP contribution is 2.37. The molecule has 21 heavy (non-hydrogen) atoms. The first-order valence-electron chi connectivity index (χ1n) is 6.73. The van der Waals surface area contributed by atoms with Crippen LogP contribution in [0.1, 0.15) is 29.6 Å². The number of primary amides is 1. The Balaban J connectivity index is 2.02. The Morgan fingerprint density at radius 2 is 2.05 bits per heavy atom. The SMILES string of the molecule is NC(=O)CCCNC(=O)c1cc(Cl)c2c(c1)OCCCO2. The molecule has 1 aromatic rings. The van der Waals surface area contributed by atoms with E-state index in [0.29, 0.717) is 48.3 Å². The van der Waals surface area contributed by atoms with Gasteiger partial charge in [0.1, 0.15) is 0 Å². The van der Waals surface area contributed by atoms with Crippen LogP contribution in [0.25, 0.3) is 0 Å². The second-order valence-electron chi connectivity index (χ2n) is 4.66. The molecule has 2 rings (SSSR count). The van der Waals surface area contributed by atoms with Crippen LogP contribution in [0.2, 0.25) is 5.02 Å². The molecule has 7 heteroatoms. The van der Waals surface area contributed by atoms with Gasteiger partial charge < -0.3 is 20.5 Å². The highest BCUT2D eigenvalue weighted by atomic mass is 35.5. The van der Waals surface area contributed by atoms with Gasteiger partial charge >= 0.3 is 0 Å². The Morgan fingerprint density at radius 3 is 2.81 bits per heavy atom. The number of halogens is 1. The topological polar surface area (TPSA) is 90.7 Å². The van der Waals surface area contributed by atoms with Crippen molar-refractivity contribution in [3.05, 3.63) is 22.7 Å². The second-order valence-corrected chi connectivity index (χ2v) is 5.07. The molecule has 0 spiro atoms. The van der Waals surface area contributed by atoms with Gasteiger partial charge in [0, 0.05) is 24.9 Å². The summed E-state index contributed by atoms with van der Waals surface area (Å²) in [5.41, 5.74) is 5.42. The molecule has 1 aliphatic rings. The van der Waals surface area contributed by atoms with E-state index in [2.05, 4.69) is 5.32 Å². The van der Waals surface area contributed by atoms with Crippen molar-refractivity contribution in [3.63, 3.8) is 0 Å². The molecule has 114 valence electrons. The number of hydrogen-bond donors (Lipinski definition) is 2. The van der Waals surface area contributed by atoms with E-state index in [-0.39, 0.29) is 18.2 Å². The molecule has 0 fully saturated rings. The zero-order valence-corrected chi connectivity index (χ0v) is 12.2. The van der Waals surface area contributed by atoms with Crippen molar-refractivity contribution in [2.75, 3.05) is 19.8 Å². The van der Waals surface area contributed by atoms with Crippen molar-refractivity contribution in [2.24, 2.45) is 5.73 Å². The lowest BCUT2D eigenvalue weighted by molar-refractivity contribution is -0.118. The highest BCUT2D eigenvalue weighted by Gasteiger charge is 2.18. The third-order valence-electron chi connectivity index (χ3n) is 2.95. The third-order valence-corrected chi connectivity index (χ3v) is 3.23. The Bertz CT molecular complexity index is 548. The lowest BCUT2D eigenvalue weighted by Gasteiger charge is -2.11. The average Bonchev–Trinajstić information content (AvgIpc) is 2.68. The molecule has 1 aliphatic heterocycles. The highest BCUT2D eigenvalue weighted by molar-refractivity contribution is 6.32. The molecule has 1 heterocycles. The Morgan fingerprint density at radius 1 is 1.29 bits per heavy atom. The molecule has 2 amide bonds. The van der Waals surface area contributed by atoms with Crippen molar-refractivity contribution < 1.29 is 19.1 Å². The Labute approximate surface area is 127 Å². The smallest absolute Gasteiger partial charge is 0.251 e. The first kappa shape index (κ1) is 15.4. The van der Waals surface area contributed by atoms with Gasteiger partial charge in [0.05, 0.1) is 18.2 Å². The number of nitrogens with one attached hydrogen (secondary N) is 1. The molecule has 0 saturated heterocycles. The fraction of sp³-hybridized carbons (Fsp3) is 0.429. The maximum Gasteiger partial charge on any atom is 0.251 e. The first-order chi connectivity index (χ1) is 10.1. The van der Waals surface area contributed by atoms with Gasteiger partial charge in [-0.15, -0.1) is 0 Å². The van der Waals surface area contributed by atoms with Gasteiger partial charge in [-0.1, -0.05) is 11.6 Å². The molecule has 1 aromatic carbocycles. The molecule has 0 atom stereocenters. The van der Waals surface area contributed by atoms with Gasteiger partial charge in [-0.05, 0) is 18.6 Å². The molecule has 3 N–H and O–H groups in total. The predicted molar refractivity (Wildman–Crippen MR) is 77.8 cm³/mol. The summed E-state index contributed by atoms with van der Waals surface area (Å²) in [6.07, 6.45) is 1.50. The molecule has 0 radical (unpaired) electrons. The summed E-state index contributed by atoms with van der Waals surface area (Å²) in [5.74, 6) is 0.279. The van der Waals surface area contributed by atoms with E-state index >= 15 is 0 Å². The fourth-order valence-corrected chi connectivity index (χ4v) is 2.19. The maximum atomic E-state index is 12.0. The van der Waals surface area contributed by atoms with Crippen LogP contribution in [0.15, 0.2) is 12.1 Å². The molecular weight excluding hydrogens is 296 g/mol. The normalized spacial score (nSPS) is 13.4.